The molecule has 0 radical (unpaired) electrons. The van der Waals surface area contributed by atoms with Crippen LogP contribution in [0.25, 0.3) is 0 Å². The summed E-state index contributed by atoms with van der Waals surface area (Å²) in [4.78, 5) is 9.92. The van der Waals surface area contributed by atoms with Gasteiger partial charge in [-0.05, 0) is 25.2 Å². The normalized spacial score (nSPS) is 10.1. The Morgan fingerprint density at radius 1 is 0.714 bits per heavy atom. The number of unbranched alkanes of at least 4 members (excludes halogenated alkanes) is 10. The van der Waals surface area contributed by atoms with E-state index < -0.39 is 27.7 Å². The van der Waals surface area contributed by atoms with Gasteiger partial charge in [0.15, 0.2) is 0 Å². The molecule has 0 fully saturated rings. The second kappa shape index (κ2) is 23.1. The number of rotatable bonds is 14. The summed E-state index contributed by atoms with van der Waals surface area (Å²) in [5, 5.41) is 0. The van der Waals surface area contributed by atoms with E-state index in [0.717, 1.165) is 12.3 Å². The van der Waals surface area contributed by atoms with E-state index in [0.29, 0.717) is 0 Å². The van der Waals surface area contributed by atoms with E-state index in [1.165, 1.54) is 77.0 Å². The number of hydrogen-bond acceptors (Lipinski definition) is 2. The average molecular weight is 355 g/mol. The van der Waals surface area contributed by atoms with Crippen molar-refractivity contribution in [2.75, 3.05) is 12.3 Å². The minimum atomic E-state index is -1.75. The molecule has 21 heavy (non-hydrogen) atoms. The molecule has 127 valence electrons. The molecule has 0 amide bonds. The zero-order valence-corrected chi connectivity index (χ0v) is 16.6. The summed E-state index contributed by atoms with van der Waals surface area (Å²) in [5.41, 5.74) is 0. The Morgan fingerprint density at radius 3 is 1.33 bits per heavy atom. The summed E-state index contributed by atoms with van der Waals surface area (Å²) < 4.78 is 15.8. The fourth-order valence-corrected chi connectivity index (χ4v) is 3.66. The molecule has 0 heterocycles. The van der Waals surface area contributed by atoms with Crippen LogP contribution in [0.3, 0.4) is 0 Å². The molecule has 0 aliphatic rings. The standard InChI is InChI=1S/C16H35OP.H2O.O.Ti/c1-3-5-7-9-11-13-15-18(17)16-14-12-10-8-6-4-2;;;/h17H,3-16H2,1-2H3;1H2;;/q;;;+1/p-1. The molecule has 0 aliphatic heterocycles. The average Bonchev–Trinajstić information content (AvgIpc) is 2.47. The van der Waals surface area contributed by atoms with Gasteiger partial charge in [0.05, 0.1) is 0 Å². The van der Waals surface area contributed by atoms with Crippen molar-refractivity contribution >= 4 is 8.15 Å². The fraction of sp³-hybridized carbons (Fsp3) is 1.00. The Kier molecular flexibility index (Phi) is 26.6. The van der Waals surface area contributed by atoms with Crippen molar-refractivity contribution in [2.45, 2.75) is 90.9 Å². The topological polar surface area (TPSA) is 57.5 Å². The van der Waals surface area contributed by atoms with Gasteiger partial charge in [0, 0.05) is 8.15 Å². The van der Waals surface area contributed by atoms with Gasteiger partial charge in [-0.3, -0.25) is 0 Å². The summed E-state index contributed by atoms with van der Waals surface area (Å²) in [6, 6.07) is 0. The summed E-state index contributed by atoms with van der Waals surface area (Å²) in [6.45, 7) is 4.51. The van der Waals surface area contributed by atoms with E-state index in [9.17, 15) is 4.89 Å². The summed E-state index contributed by atoms with van der Waals surface area (Å²) in [5.74, 6) is 0. The van der Waals surface area contributed by atoms with Crippen LogP contribution < -0.4 is 0 Å². The first-order valence-electron chi connectivity index (χ1n) is 8.67. The molecule has 0 aromatic heterocycles. The predicted molar refractivity (Wildman–Crippen MR) is 88.5 cm³/mol. The van der Waals surface area contributed by atoms with Gasteiger partial charge in [0.2, 0.25) is 0 Å². The Hall–Kier alpha value is 0.864. The van der Waals surface area contributed by atoms with E-state index in [1.54, 1.807) is 0 Å². The van der Waals surface area contributed by atoms with E-state index in [1.807, 2.05) is 0 Å². The SMILES string of the molecule is CCCCCCCCP(O)CCCCCCCC.[O]=[Ti][OH]. The van der Waals surface area contributed by atoms with E-state index in [-0.39, 0.29) is 0 Å². The fourth-order valence-electron chi connectivity index (χ4n) is 2.26. The molecule has 0 saturated carbocycles. The molecule has 0 rings (SSSR count). The quantitative estimate of drug-likeness (QED) is 0.249. The summed E-state index contributed by atoms with van der Waals surface area (Å²) >= 11 is -1.75. The van der Waals surface area contributed by atoms with Crippen molar-refractivity contribution in [3.05, 3.63) is 0 Å². The van der Waals surface area contributed by atoms with Crippen LogP contribution in [-0.4, -0.2) is 20.9 Å². The van der Waals surface area contributed by atoms with E-state index in [4.69, 9.17) is 7.01 Å². The van der Waals surface area contributed by atoms with Gasteiger partial charge in [-0.1, -0.05) is 78.1 Å². The molecule has 0 aromatic carbocycles. The molecule has 0 atom stereocenters. The van der Waals surface area contributed by atoms with Crippen molar-refractivity contribution in [1.82, 2.24) is 0 Å². The van der Waals surface area contributed by atoms with Crippen molar-refractivity contribution in [2.24, 2.45) is 0 Å². The second-order valence-corrected chi connectivity index (χ2v) is 7.77. The molecule has 0 saturated heterocycles. The first-order valence-corrected chi connectivity index (χ1v) is 11.7. The van der Waals surface area contributed by atoms with Gasteiger partial charge in [-0.2, -0.15) is 0 Å². The van der Waals surface area contributed by atoms with Crippen LogP contribution in [0.1, 0.15) is 90.9 Å². The molecule has 0 bridgehead atoms. The predicted octanol–water partition coefficient (Wildman–Crippen LogP) is 5.42. The van der Waals surface area contributed by atoms with Crippen LogP contribution in [0, 0.1) is 0 Å². The summed E-state index contributed by atoms with van der Waals surface area (Å²) in [7, 11) is -0.630. The number of hydrogen-bond donors (Lipinski definition) is 2. The molecule has 3 nitrogen and oxygen atoms in total. The Bertz CT molecular complexity index is 178. The monoisotopic (exact) mass is 355 g/mol. The molecular weight excluding hydrogens is 319 g/mol. The van der Waals surface area contributed by atoms with Crippen LogP contribution in [0.5, 0.6) is 0 Å². The Balaban J connectivity index is 0. The Morgan fingerprint density at radius 2 is 1.00 bits per heavy atom. The minimum absolute atomic E-state index is 0.630. The summed E-state index contributed by atoms with van der Waals surface area (Å²) in [6.07, 6.45) is 18.3. The Labute approximate surface area is 142 Å². The third kappa shape index (κ3) is 26.1. The first kappa shape index (κ1) is 24.1. The third-order valence-electron chi connectivity index (χ3n) is 3.54. The van der Waals surface area contributed by atoms with Gasteiger partial charge in [-0.25, -0.2) is 0 Å². The van der Waals surface area contributed by atoms with Gasteiger partial charge in [-0.15, -0.1) is 0 Å². The van der Waals surface area contributed by atoms with Crippen molar-refractivity contribution < 1.29 is 31.4 Å². The first-order chi connectivity index (χ1) is 10.2. The van der Waals surface area contributed by atoms with Crippen molar-refractivity contribution in [1.29, 1.82) is 0 Å². The van der Waals surface area contributed by atoms with Gasteiger partial charge in [0.25, 0.3) is 0 Å². The van der Waals surface area contributed by atoms with Gasteiger partial charge in [0.1, 0.15) is 0 Å². The molecule has 0 unspecified atom stereocenters. The molecule has 5 heteroatoms. The maximum absolute atomic E-state index is 9.92. The van der Waals surface area contributed by atoms with Crippen LogP contribution in [0.2, 0.25) is 0 Å². The second-order valence-electron chi connectivity index (χ2n) is 5.58. The van der Waals surface area contributed by atoms with Crippen LogP contribution in [0.4, 0.5) is 0 Å². The van der Waals surface area contributed by atoms with Gasteiger partial charge >= 0.3 is 26.5 Å². The van der Waals surface area contributed by atoms with E-state index >= 15 is 0 Å². The van der Waals surface area contributed by atoms with Crippen molar-refractivity contribution in [3.63, 3.8) is 0 Å². The molecule has 0 spiro atoms. The van der Waals surface area contributed by atoms with Crippen molar-refractivity contribution in [3.8, 4) is 0 Å². The van der Waals surface area contributed by atoms with E-state index in [2.05, 4.69) is 13.8 Å². The van der Waals surface area contributed by atoms with Crippen LogP contribution >= 0.6 is 8.15 Å². The molecule has 2 N–H and O–H groups in total. The third-order valence-corrected chi connectivity index (χ3v) is 5.20. The molecular formula is C16H36O3PTi. The van der Waals surface area contributed by atoms with Gasteiger partial charge < -0.3 is 4.89 Å². The zero-order chi connectivity index (χ0) is 16.2. The van der Waals surface area contributed by atoms with Crippen LogP contribution in [-0.2, 0) is 22.8 Å². The molecule has 0 aliphatic carbocycles. The maximum atomic E-state index is 9.92. The molecule has 0 aromatic rings. The van der Waals surface area contributed by atoms with Crippen LogP contribution in [0.15, 0.2) is 0 Å². The zero-order valence-electron chi connectivity index (χ0n) is 14.1.